The van der Waals surface area contributed by atoms with Crippen molar-refractivity contribution in [2.45, 2.75) is 33.1 Å². The Hall–Kier alpha value is -4.37. The lowest BCUT2D eigenvalue weighted by Crippen LogP contribution is -2.13. The van der Waals surface area contributed by atoms with Gasteiger partial charge in [0.05, 0.1) is 5.69 Å². The largest absolute Gasteiger partial charge is 0.456 e. The van der Waals surface area contributed by atoms with E-state index in [1.165, 1.54) is 27.8 Å². The Labute approximate surface area is 216 Å². The molecule has 0 aliphatic carbocycles. The summed E-state index contributed by atoms with van der Waals surface area (Å²) in [4.78, 5) is 4.61. The minimum Gasteiger partial charge on any atom is -0.456 e. The summed E-state index contributed by atoms with van der Waals surface area (Å²) in [5.41, 5.74) is 13.5. The molecule has 1 aliphatic heterocycles. The summed E-state index contributed by atoms with van der Waals surface area (Å²) in [7, 11) is 0. The fourth-order valence-electron chi connectivity index (χ4n) is 5.52. The fraction of sp³-hybridized carbons (Fsp3) is 0.147. The summed E-state index contributed by atoms with van der Waals surface area (Å²) in [6.07, 6.45) is 1.85. The molecular weight excluding hydrogens is 452 g/mol. The van der Waals surface area contributed by atoms with Gasteiger partial charge in [0, 0.05) is 45.0 Å². The Morgan fingerprint density at radius 3 is 2.19 bits per heavy atom. The molecule has 0 amide bonds. The second-order valence-corrected chi connectivity index (χ2v) is 11.0. The molecule has 0 fully saturated rings. The van der Waals surface area contributed by atoms with Crippen molar-refractivity contribution in [2.24, 2.45) is 0 Å². The first-order valence-electron chi connectivity index (χ1n) is 12.8. The smallest absolute Gasteiger partial charge is 0.136 e. The van der Waals surface area contributed by atoms with Crippen molar-refractivity contribution in [1.82, 2.24) is 4.98 Å². The standard InChI is InChI=1S/C34H28N2O/c1-20-24-16-22(34(2,3)4)17-25(20)27-19-33-28(23-9-5-6-11-32(23)37-33)18-31(27)36-30-13-12-21(15-26(24)30)29-10-7-8-14-35-29/h5-19,36H,1-4H3. The van der Waals surface area contributed by atoms with Crippen LogP contribution in [0.2, 0.25) is 0 Å². The van der Waals surface area contributed by atoms with Gasteiger partial charge in [-0.05, 0) is 77.1 Å². The van der Waals surface area contributed by atoms with Crippen LogP contribution < -0.4 is 5.32 Å². The number of anilines is 2. The second kappa shape index (κ2) is 7.81. The van der Waals surface area contributed by atoms with Crippen LogP contribution in [0.25, 0.3) is 55.4 Å². The molecule has 1 aliphatic rings. The monoisotopic (exact) mass is 480 g/mol. The first-order valence-corrected chi connectivity index (χ1v) is 12.8. The second-order valence-electron chi connectivity index (χ2n) is 11.0. The van der Waals surface area contributed by atoms with Crippen LogP contribution in [0.3, 0.4) is 0 Å². The third-order valence-corrected chi connectivity index (χ3v) is 7.62. The van der Waals surface area contributed by atoms with Crippen LogP contribution in [0.5, 0.6) is 0 Å². The SMILES string of the molecule is Cc1c2cc(C(C)(C)C)cc1-c1cc3oc4ccccc4c3cc1Nc1ccc(-c3ccccn3)cc1-2. The van der Waals surface area contributed by atoms with Crippen LogP contribution in [0, 0.1) is 6.92 Å². The summed E-state index contributed by atoms with van der Waals surface area (Å²) >= 11 is 0. The normalized spacial score (nSPS) is 12.5. The Balaban J connectivity index is 1.56. The van der Waals surface area contributed by atoms with E-state index in [9.17, 15) is 0 Å². The van der Waals surface area contributed by atoms with E-state index in [0.29, 0.717) is 0 Å². The van der Waals surface area contributed by atoms with Crippen LogP contribution in [0.4, 0.5) is 11.4 Å². The first-order chi connectivity index (χ1) is 17.9. The third-order valence-electron chi connectivity index (χ3n) is 7.62. The zero-order valence-corrected chi connectivity index (χ0v) is 21.5. The van der Waals surface area contributed by atoms with Gasteiger partial charge in [-0.1, -0.05) is 63.2 Å². The zero-order chi connectivity index (χ0) is 25.3. The third kappa shape index (κ3) is 3.46. The van der Waals surface area contributed by atoms with E-state index in [2.05, 4.69) is 98.7 Å². The van der Waals surface area contributed by atoms with Gasteiger partial charge in [0.2, 0.25) is 0 Å². The molecule has 0 saturated heterocycles. The highest BCUT2D eigenvalue weighted by Gasteiger charge is 2.25. The minimum absolute atomic E-state index is 0.00616. The van der Waals surface area contributed by atoms with Crippen molar-refractivity contribution >= 4 is 33.3 Å². The minimum atomic E-state index is 0.00616. The Kier molecular flexibility index (Phi) is 4.62. The van der Waals surface area contributed by atoms with E-state index in [1.54, 1.807) is 0 Å². The average molecular weight is 481 g/mol. The van der Waals surface area contributed by atoms with E-state index in [0.717, 1.165) is 50.1 Å². The number of para-hydroxylation sites is 1. The van der Waals surface area contributed by atoms with E-state index in [1.807, 2.05) is 30.5 Å². The van der Waals surface area contributed by atoms with Gasteiger partial charge in [0.15, 0.2) is 0 Å². The average Bonchev–Trinajstić information content (AvgIpc) is 3.26. The van der Waals surface area contributed by atoms with Crippen molar-refractivity contribution in [3.8, 4) is 33.5 Å². The summed E-state index contributed by atoms with van der Waals surface area (Å²) in [5.74, 6) is 0. The summed E-state index contributed by atoms with van der Waals surface area (Å²) in [6.45, 7) is 9.09. The van der Waals surface area contributed by atoms with E-state index in [4.69, 9.17) is 4.42 Å². The lowest BCUT2D eigenvalue weighted by molar-refractivity contribution is 0.590. The number of nitrogens with one attached hydrogen (secondary N) is 1. The number of pyridine rings is 1. The molecule has 7 rings (SSSR count). The molecule has 0 spiro atoms. The zero-order valence-electron chi connectivity index (χ0n) is 21.5. The maximum Gasteiger partial charge on any atom is 0.136 e. The predicted octanol–water partition coefficient (Wildman–Crippen LogP) is 9.64. The van der Waals surface area contributed by atoms with Gasteiger partial charge in [-0.15, -0.1) is 0 Å². The summed E-state index contributed by atoms with van der Waals surface area (Å²) < 4.78 is 6.30. The Bertz CT molecular complexity index is 1840. The molecule has 3 heteroatoms. The molecule has 2 aromatic heterocycles. The summed E-state index contributed by atoms with van der Waals surface area (Å²) in [6, 6.07) is 30.1. The van der Waals surface area contributed by atoms with E-state index in [-0.39, 0.29) is 5.41 Å². The predicted molar refractivity (Wildman–Crippen MR) is 155 cm³/mol. The highest BCUT2D eigenvalue weighted by molar-refractivity contribution is 6.09. The number of rotatable bonds is 1. The molecule has 0 radical (unpaired) electrons. The topological polar surface area (TPSA) is 38.1 Å². The molecule has 4 aromatic carbocycles. The van der Waals surface area contributed by atoms with Crippen LogP contribution in [-0.2, 0) is 5.41 Å². The summed E-state index contributed by atoms with van der Waals surface area (Å²) in [5, 5.41) is 6.06. The van der Waals surface area contributed by atoms with Crippen molar-refractivity contribution < 1.29 is 4.42 Å². The number of furan rings is 1. The number of hydrogen-bond donors (Lipinski definition) is 1. The molecule has 3 nitrogen and oxygen atoms in total. The van der Waals surface area contributed by atoms with Gasteiger partial charge in [0.25, 0.3) is 0 Å². The van der Waals surface area contributed by atoms with Crippen LogP contribution in [0.15, 0.2) is 95.5 Å². The molecule has 6 aromatic rings. The molecule has 3 heterocycles. The lowest BCUT2D eigenvalue weighted by Gasteiger charge is -2.27. The van der Waals surface area contributed by atoms with Crippen molar-refractivity contribution in [3.63, 3.8) is 0 Å². The van der Waals surface area contributed by atoms with Crippen LogP contribution >= 0.6 is 0 Å². The lowest BCUT2D eigenvalue weighted by atomic mass is 9.80. The number of hydrogen-bond acceptors (Lipinski definition) is 3. The van der Waals surface area contributed by atoms with Crippen LogP contribution in [-0.4, -0.2) is 4.98 Å². The molecule has 1 N–H and O–H groups in total. The quantitative estimate of drug-likeness (QED) is 0.254. The number of nitrogens with zero attached hydrogens (tertiary/aromatic N) is 1. The molecule has 180 valence electrons. The number of aromatic nitrogens is 1. The van der Waals surface area contributed by atoms with Crippen molar-refractivity contribution in [3.05, 3.63) is 102 Å². The van der Waals surface area contributed by atoms with E-state index >= 15 is 0 Å². The molecule has 0 unspecified atom stereocenters. The van der Waals surface area contributed by atoms with Gasteiger partial charge >= 0.3 is 0 Å². The van der Waals surface area contributed by atoms with Gasteiger partial charge in [-0.2, -0.15) is 0 Å². The van der Waals surface area contributed by atoms with Gasteiger partial charge in [-0.25, -0.2) is 0 Å². The van der Waals surface area contributed by atoms with E-state index < -0.39 is 0 Å². The molecule has 0 saturated carbocycles. The Morgan fingerprint density at radius 2 is 1.43 bits per heavy atom. The maximum absolute atomic E-state index is 6.30. The maximum atomic E-state index is 6.30. The number of benzene rings is 4. The molecular formula is C34H28N2O. The van der Waals surface area contributed by atoms with Gasteiger partial charge in [0.1, 0.15) is 11.2 Å². The van der Waals surface area contributed by atoms with Crippen molar-refractivity contribution in [2.75, 3.05) is 5.32 Å². The highest BCUT2D eigenvalue weighted by Crippen LogP contribution is 2.47. The molecule has 2 bridgehead atoms. The first kappa shape index (κ1) is 21.9. The molecule has 37 heavy (non-hydrogen) atoms. The van der Waals surface area contributed by atoms with Crippen molar-refractivity contribution in [1.29, 1.82) is 0 Å². The van der Waals surface area contributed by atoms with Crippen LogP contribution in [0.1, 0.15) is 31.9 Å². The highest BCUT2D eigenvalue weighted by atomic mass is 16.3. The fourth-order valence-corrected chi connectivity index (χ4v) is 5.52. The van der Waals surface area contributed by atoms with Gasteiger partial charge < -0.3 is 9.73 Å². The molecule has 0 atom stereocenters. The Morgan fingerprint density at radius 1 is 0.676 bits per heavy atom. The van der Waals surface area contributed by atoms with Gasteiger partial charge in [-0.3, -0.25) is 4.98 Å². The number of fused-ring (bicyclic) bond motifs is 9.